The first kappa shape index (κ1) is 17.9. The lowest BCUT2D eigenvalue weighted by Gasteiger charge is -2.05. The number of aryl methyl sites for hydroxylation is 1. The number of carbonyl (C=O) groups excluding carboxylic acids is 2. The maximum absolute atomic E-state index is 12.4. The number of nitrogens with one attached hydrogen (secondary N) is 1. The summed E-state index contributed by atoms with van der Waals surface area (Å²) in [6.07, 6.45) is 2.12. The van der Waals surface area contributed by atoms with Gasteiger partial charge in [-0.25, -0.2) is 4.98 Å². The van der Waals surface area contributed by atoms with Gasteiger partial charge in [-0.05, 0) is 49.2 Å². The van der Waals surface area contributed by atoms with Gasteiger partial charge < -0.3 is 9.15 Å². The molecule has 138 valence electrons. The lowest BCUT2D eigenvalue weighted by atomic mass is 10.0. The van der Waals surface area contributed by atoms with E-state index in [0.717, 1.165) is 23.0 Å². The van der Waals surface area contributed by atoms with E-state index in [1.807, 2.05) is 24.3 Å². The molecule has 0 atom stereocenters. The van der Waals surface area contributed by atoms with Gasteiger partial charge in [0.25, 0.3) is 5.91 Å². The maximum Gasteiger partial charge on any atom is 0.293 e. The van der Waals surface area contributed by atoms with Crippen molar-refractivity contribution in [2.45, 2.75) is 25.9 Å². The van der Waals surface area contributed by atoms with Gasteiger partial charge in [-0.15, -0.1) is 0 Å². The summed E-state index contributed by atoms with van der Waals surface area (Å²) in [5, 5.41) is 3.13. The molecule has 1 aliphatic carbocycles. The minimum absolute atomic E-state index is 0.0969. The quantitative estimate of drug-likeness (QED) is 0.605. The molecule has 6 nitrogen and oxygen atoms in total. The molecule has 27 heavy (non-hydrogen) atoms. The highest BCUT2D eigenvalue weighted by atomic mass is 79.9. The van der Waals surface area contributed by atoms with E-state index in [0.29, 0.717) is 27.9 Å². The number of anilines is 1. The van der Waals surface area contributed by atoms with E-state index in [-0.39, 0.29) is 18.2 Å². The molecule has 2 heterocycles. The van der Waals surface area contributed by atoms with Crippen LogP contribution in [0.15, 0.2) is 45.3 Å². The molecule has 0 saturated carbocycles. The van der Waals surface area contributed by atoms with Crippen molar-refractivity contribution in [2.75, 3.05) is 5.32 Å². The molecule has 0 radical (unpaired) electrons. The number of Topliss-reactive ketones (excluding diaryl/α,β-unsaturated/α-hetero) is 1. The van der Waals surface area contributed by atoms with Crippen molar-refractivity contribution in [3.63, 3.8) is 0 Å². The molecule has 1 aromatic carbocycles. The van der Waals surface area contributed by atoms with Crippen LogP contribution in [-0.4, -0.2) is 16.7 Å². The molecule has 4 rings (SSSR count). The molecule has 3 aromatic rings. The summed E-state index contributed by atoms with van der Waals surface area (Å²) >= 11 is 4.59. The topological polar surface area (TPSA) is 81.4 Å². The zero-order valence-electron chi connectivity index (χ0n) is 14.2. The van der Waals surface area contributed by atoms with Crippen LogP contribution in [0.5, 0.6) is 5.75 Å². The number of carbonyl (C=O) groups is 2. The Morgan fingerprint density at radius 1 is 1.22 bits per heavy atom. The number of hydrogen-bond acceptors (Lipinski definition) is 6. The van der Waals surface area contributed by atoms with Crippen LogP contribution in [0, 0.1) is 0 Å². The fourth-order valence-electron chi connectivity index (χ4n) is 2.74. The third-order valence-corrected chi connectivity index (χ3v) is 5.65. The van der Waals surface area contributed by atoms with E-state index in [9.17, 15) is 9.59 Å². The molecular weight excluding hydrogens is 432 g/mol. The number of halogens is 1. The number of furan rings is 1. The predicted octanol–water partition coefficient (Wildman–Crippen LogP) is 4.85. The molecule has 0 aliphatic heterocycles. The van der Waals surface area contributed by atoms with Gasteiger partial charge in [0.1, 0.15) is 18.1 Å². The Bertz CT molecular complexity index is 994. The summed E-state index contributed by atoms with van der Waals surface area (Å²) in [5.41, 5.74) is 0.773. The van der Waals surface area contributed by atoms with Gasteiger partial charge in [-0.1, -0.05) is 27.3 Å². The Morgan fingerprint density at radius 3 is 2.81 bits per heavy atom. The van der Waals surface area contributed by atoms with Gasteiger partial charge in [-0.2, -0.15) is 0 Å². The van der Waals surface area contributed by atoms with E-state index in [4.69, 9.17) is 9.15 Å². The first-order chi connectivity index (χ1) is 13.1. The predicted molar refractivity (Wildman–Crippen MR) is 105 cm³/mol. The van der Waals surface area contributed by atoms with Gasteiger partial charge in [0.05, 0.1) is 10.6 Å². The van der Waals surface area contributed by atoms with Gasteiger partial charge in [0, 0.05) is 10.9 Å². The Balaban J connectivity index is 1.38. The van der Waals surface area contributed by atoms with Crippen molar-refractivity contribution >= 4 is 44.1 Å². The highest BCUT2D eigenvalue weighted by Crippen LogP contribution is 2.30. The van der Waals surface area contributed by atoms with Crippen molar-refractivity contribution in [1.29, 1.82) is 0 Å². The molecule has 2 aromatic heterocycles. The number of ketones is 1. The highest BCUT2D eigenvalue weighted by Gasteiger charge is 2.23. The number of rotatable bonds is 5. The molecule has 1 N–H and O–H groups in total. The second-order valence-corrected chi connectivity index (χ2v) is 7.95. The zero-order chi connectivity index (χ0) is 18.8. The van der Waals surface area contributed by atoms with Crippen LogP contribution >= 0.6 is 27.3 Å². The fourth-order valence-corrected chi connectivity index (χ4v) is 3.98. The average Bonchev–Trinajstić information content (AvgIpc) is 3.29. The fraction of sp³-hybridized carbons (Fsp3) is 0.211. The number of ether oxygens (including phenoxy) is 1. The lowest BCUT2D eigenvalue weighted by molar-refractivity contribution is 0.0973. The second-order valence-electron chi connectivity index (χ2n) is 6.03. The van der Waals surface area contributed by atoms with Gasteiger partial charge in [0.2, 0.25) is 0 Å². The standard InChI is InChI=1S/C19H15BrN2O4S/c20-11-4-6-12(7-5-11)25-10-13-8-9-16(26-13)18(24)22-19-21-14-2-1-3-15(23)17(14)27-19/h4-9H,1-3,10H2,(H,21,22,24). The van der Waals surface area contributed by atoms with Crippen LogP contribution in [0.25, 0.3) is 0 Å². The van der Waals surface area contributed by atoms with Crippen LogP contribution in [0.3, 0.4) is 0 Å². The minimum Gasteiger partial charge on any atom is -0.486 e. The number of fused-ring (bicyclic) bond motifs is 1. The number of hydrogen-bond donors (Lipinski definition) is 1. The van der Waals surface area contributed by atoms with Crippen molar-refractivity contribution in [1.82, 2.24) is 4.98 Å². The minimum atomic E-state index is -0.400. The number of benzene rings is 1. The molecule has 1 aliphatic rings. The molecule has 0 bridgehead atoms. The first-order valence-electron chi connectivity index (χ1n) is 8.40. The normalized spacial score (nSPS) is 13.3. The third kappa shape index (κ3) is 4.12. The Hall–Kier alpha value is -2.45. The maximum atomic E-state index is 12.4. The van der Waals surface area contributed by atoms with Gasteiger partial charge in [-0.3, -0.25) is 14.9 Å². The first-order valence-corrected chi connectivity index (χ1v) is 10.0. The van der Waals surface area contributed by atoms with Crippen LogP contribution in [-0.2, 0) is 13.0 Å². The molecule has 8 heteroatoms. The third-order valence-electron chi connectivity index (χ3n) is 4.07. The zero-order valence-corrected chi connectivity index (χ0v) is 16.6. The van der Waals surface area contributed by atoms with E-state index >= 15 is 0 Å². The summed E-state index contributed by atoms with van der Waals surface area (Å²) in [7, 11) is 0. The Kier molecular flexibility index (Phi) is 5.09. The summed E-state index contributed by atoms with van der Waals surface area (Å²) in [5.74, 6) is 1.11. The van der Waals surface area contributed by atoms with Crippen LogP contribution in [0.1, 0.15) is 44.5 Å². The lowest BCUT2D eigenvalue weighted by Crippen LogP contribution is -2.11. The van der Waals surface area contributed by atoms with Crippen LogP contribution in [0.4, 0.5) is 5.13 Å². The SMILES string of the molecule is O=C(Nc1nc2c(s1)C(=O)CCC2)c1ccc(COc2ccc(Br)cc2)o1. The molecule has 0 saturated heterocycles. The van der Waals surface area contributed by atoms with Gasteiger partial charge >= 0.3 is 0 Å². The number of thiazole rings is 1. The number of aromatic nitrogens is 1. The Morgan fingerprint density at radius 2 is 2.04 bits per heavy atom. The molecule has 0 unspecified atom stereocenters. The van der Waals surface area contributed by atoms with E-state index < -0.39 is 5.91 Å². The highest BCUT2D eigenvalue weighted by molar-refractivity contribution is 9.10. The monoisotopic (exact) mass is 446 g/mol. The molecular formula is C19H15BrN2O4S. The van der Waals surface area contributed by atoms with Gasteiger partial charge in [0.15, 0.2) is 16.7 Å². The van der Waals surface area contributed by atoms with Crippen molar-refractivity contribution < 1.29 is 18.7 Å². The molecule has 0 spiro atoms. The summed E-state index contributed by atoms with van der Waals surface area (Å²) < 4.78 is 12.2. The number of nitrogens with zero attached hydrogens (tertiary/aromatic N) is 1. The average molecular weight is 447 g/mol. The van der Waals surface area contributed by atoms with E-state index in [1.165, 1.54) is 11.3 Å². The molecule has 1 amide bonds. The van der Waals surface area contributed by atoms with Crippen LogP contribution < -0.4 is 10.1 Å². The van der Waals surface area contributed by atoms with Crippen molar-refractivity contribution in [3.05, 3.63) is 63.0 Å². The molecule has 0 fully saturated rings. The summed E-state index contributed by atoms with van der Waals surface area (Å²) in [6.45, 7) is 0.217. The largest absolute Gasteiger partial charge is 0.486 e. The van der Waals surface area contributed by atoms with E-state index in [2.05, 4.69) is 26.2 Å². The Labute approximate surface area is 167 Å². The second kappa shape index (κ2) is 7.66. The smallest absolute Gasteiger partial charge is 0.293 e. The van der Waals surface area contributed by atoms with E-state index in [1.54, 1.807) is 12.1 Å². The summed E-state index contributed by atoms with van der Waals surface area (Å²) in [4.78, 5) is 29.3. The van der Waals surface area contributed by atoms with Crippen molar-refractivity contribution in [2.24, 2.45) is 0 Å². The summed E-state index contributed by atoms with van der Waals surface area (Å²) in [6, 6.07) is 10.7. The van der Waals surface area contributed by atoms with Crippen molar-refractivity contribution in [3.8, 4) is 5.75 Å². The van der Waals surface area contributed by atoms with Crippen LogP contribution in [0.2, 0.25) is 0 Å². The number of amides is 1.